The Morgan fingerprint density at radius 1 is 1.34 bits per heavy atom. The molecule has 7 nitrogen and oxygen atoms in total. The van der Waals surface area contributed by atoms with Gasteiger partial charge in [-0.1, -0.05) is 48.2 Å². The Bertz CT molecular complexity index is 798. The van der Waals surface area contributed by atoms with Crippen molar-refractivity contribution >= 4 is 45.5 Å². The molecule has 3 aliphatic heterocycles. The molecule has 1 spiro atoms. The maximum atomic E-state index is 14.3. The van der Waals surface area contributed by atoms with Crippen LogP contribution in [-0.4, -0.2) is 85.9 Å². The summed E-state index contributed by atoms with van der Waals surface area (Å²) in [4.78, 5) is 45.0. The molecule has 3 aliphatic rings. The maximum absolute atomic E-state index is 14.3. The maximum Gasteiger partial charge on any atom is 0.310 e. The Hall–Kier alpha value is -1.06. The van der Waals surface area contributed by atoms with Crippen LogP contribution in [0.4, 0.5) is 0 Å². The Labute approximate surface area is 222 Å². The molecule has 2 amide bonds. The van der Waals surface area contributed by atoms with Crippen LogP contribution >= 0.6 is 27.7 Å². The first-order chi connectivity index (χ1) is 16.8. The lowest BCUT2D eigenvalue weighted by atomic mass is 9.71. The van der Waals surface area contributed by atoms with E-state index in [0.29, 0.717) is 19.5 Å². The van der Waals surface area contributed by atoms with Gasteiger partial charge in [0.15, 0.2) is 0 Å². The van der Waals surface area contributed by atoms with Crippen LogP contribution in [0.2, 0.25) is 0 Å². The molecule has 2 bridgehead atoms. The van der Waals surface area contributed by atoms with E-state index < -0.39 is 22.6 Å². The summed E-state index contributed by atoms with van der Waals surface area (Å²) in [7, 11) is 0. The number of thioether (sulfide) groups is 1. The normalized spacial score (nSPS) is 32.0. The number of rotatable bonds is 14. The van der Waals surface area contributed by atoms with Gasteiger partial charge < -0.3 is 19.6 Å². The molecule has 3 rings (SSSR count). The summed E-state index contributed by atoms with van der Waals surface area (Å²) in [6.07, 6.45) is 7.52. The van der Waals surface area contributed by atoms with Crippen molar-refractivity contribution in [2.45, 2.75) is 92.6 Å². The first-order valence-electron chi connectivity index (χ1n) is 13.1. The van der Waals surface area contributed by atoms with Gasteiger partial charge in [0.05, 0.1) is 23.2 Å². The van der Waals surface area contributed by atoms with Gasteiger partial charge in [0.2, 0.25) is 11.8 Å². The van der Waals surface area contributed by atoms with E-state index >= 15 is 0 Å². The summed E-state index contributed by atoms with van der Waals surface area (Å²) >= 11 is 5.44. The van der Waals surface area contributed by atoms with Gasteiger partial charge >= 0.3 is 5.97 Å². The number of amides is 2. The number of hydrogen-bond acceptors (Lipinski definition) is 6. The number of alkyl halides is 1. The van der Waals surface area contributed by atoms with E-state index in [9.17, 15) is 14.4 Å². The van der Waals surface area contributed by atoms with Crippen molar-refractivity contribution in [2.75, 3.05) is 26.3 Å². The van der Waals surface area contributed by atoms with Crippen molar-refractivity contribution in [3.05, 3.63) is 12.7 Å². The van der Waals surface area contributed by atoms with E-state index in [-0.39, 0.29) is 47.1 Å². The third kappa shape index (κ3) is 5.33. The average molecular weight is 574 g/mol. The monoisotopic (exact) mass is 572 g/mol. The fraction of sp³-hybridized carbons (Fsp3) is 0.808. The number of likely N-dealkylation sites (tertiary alicyclic amines) is 1. The van der Waals surface area contributed by atoms with Crippen LogP contribution in [0.15, 0.2) is 12.7 Å². The summed E-state index contributed by atoms with van der Waals surface area (Å²) in [6, 6.07) is -0.571. The van der Waals surface area contributed by atoms with Crippen molar-refractivity contribution < 1.29 is 24.2 Å². The molecule has 3 fully saturated rings. The largest absolute Gasteiger partial charge is 0.466 e. The standard InChI is InChI=1S/C26H41BrN2O5S/c1-5-12-17(4)28(13-6-2)24(32)22-26-16-18(27)21(35-26)19(25(33)34-7-3)20(26)23(31)29(22)14-10-8-9-11-15-30/h6,17-22,30H,2,5,7-16H2,1,3-4H3/t17?,18?,19-,20+,21-,22?,26?/m1/s1. The molecule has 0 aliphatic carbocycles. The topological polar surface area (TPSA) is 87.2 Å². The number of fused-ring (bicyclic) bond motifs is 1. The molecule has 0 radical (unpaired) electrons. The van der Waals surface area contributed by atoms with Crippen molar-refractivity contribution in [1.82, 2.24) is 9.80 Å². The molecular weight excluding hydrogens is 532 g/mol. The highest BCUT2D eigenvalue weighted by Gasteiger charge is 2.76. The number of halogens is 1. The first-order valence-corrected chi connectivity index (χ1v) is 14.9. The second kappa shape index (κ2) is 12.5. The van der Waals surface area contributed by atoms with E-state index in [1.165, 1.54) is 0 Å². The summed E-state index contributed by atoms with van der Waals surface area (Å²) in [5, 5.41) is 9.02. The molecule has 3 saturated heterocycles. The summed E-state index contributed by atoms with van der Waals surface area (Å²) in [6.45, 7) is 11.2. The molecule has 4 unspecified atom stereocenters. The number of nitrogens with zero attached hydrogens (tertiary/aromatic N) is 2. The van der Waals surface area contributed by atoms with Crippen LogP contribution < -0.4 is 0 Å². The van der Waals surface area contributed by atoms with Crippen molar-refractivity contribution in [3.63, 3.8) is 0 Å². The number of aliphatic hydroxyl groups excluding tert-OH is 1. The molecule has 0 aromatic carbocycles. The van der Waals surface area contributed by atoms with E-state index in [4.69, 9.17) is 9.84 Å². The number of hydrogen-bond donors (Lipinski definition) is 1. The fourth-order valence-electron chi connectivity index (χ4n) is 6.26. The number of carbonyl (C=O) groups excluding carboxylic acids is 3. The Kier molecular flexibility index (Phi) is 10.1. The molecule has 0 saturated carbocycles. The average Bonchev–Trinajstić information content (AvgIpc) is 3.41. The highest BCUT2D eigenvalue weighted by atomic mass is 79.9. The summed E-state index contributed by atoms with van der Waals surface area (Å²) in [5.74, 6) is -1.52. The molecule has 9 heteroatoms. The van der Waals surface area contributed by atoms with E-state index in [1.807, 2.05) is 4.90 Å². The van der Waals surface area contributed by atoms with E-state index in [0.717, 1.165) is 38.5 Å². The van der Waals surface area contributed by atoms with Gasteiger partial charge in [0.25, 0.3) is 0 Å². The van der Waals surface area contributed by atoms with Gasteiger partial charge in [-0.15, -0.1) is 18.3 Å². The van der Waals surface area contributed by atoms with Gasteiger partial charge in [-0.2, -0.15) is 0 Å². The second-order valence-corrected chi connectivity index (χ2v) is 12.7. The lowest BCUT2D eigenvalue weighted by molar-refractivity contribution is -0.153. The van der Waals surface area contributed by atoms with E-state index in [2.05, 4.69) is 36.4 Å². The minimum atomic E-state index is -0.638. The van der Waals surface area contributed by atoms with Gasteiger partial charge in [-0.25, -0.2) is 0 Å². The number of ether oxygens (including phenoxy) is 1. The van der Waals surface area contributed by atoms with Crippen LogP contribution in [0, 0.1) is 11.8 Å². The lowest BCUT2D eigenvalue weighted by Gasteiger charge is -2.39. The molecule has 0 aromatic heterocycles. The zero-order valence-electron chi connectivity index (χ0n) is 21.3. The summed E-state index contributed by atoms with van der Waals surface area (Å²) < 4.78 is 4.78. The minimum Gasteiger partial charge on any atom is -0.466 e. The first kappa shape index (κ1) is 28.5. The third-order valence-electron chi connectivity index (χ3n) is 7.74. The predicted octanol–water partition coefficient (Wildman–Crippen LogP) is 3.77. The Balaban J connectivity index is 1.98. The van der Waals surface area contributed by atoms with Crippen molar-refractivity contribution in [3.8, 4) is 0 Å². The van der Waals surface area contributed by atoms with Gasteiger partial charge in [0.1, 0.15) is 6.04 Å². The van der Waals surface area contributed by atoms with Gasteiger partial charge in [0, 0.05) is 35.8 Å². The number of carbonyl (C=O) groups is 3. The van der Waals surface area contributed by atoms with Crippen LogP contribution in [-0.2, 0) is 19.1 Å². The SMILES string of the molecule is C=CCN(C(=O)C1N(CCCCCCO)C(=O)[C@@H]2[C@@H](C(=O)OCC)[C@@H]3SC12CC3Br)C(C)CCC. The molecule has 35 heavy (non-hydrogen) atoms. The van der Waals surface area contributed by atoms with Crippen LogP contribution in [0.1, 0.15) is 65.7 Å². The molecule has 0 aromatic rings. The lowest BCUT2D eigenvalue weighted by Crippen LogP contribution is -2.57. The zero-order valence-corrected chi connectivity index (χ0v) is 23.7. The Morgan fingerprint density at radius 2 is 2.06 bits per heavy atom. The highest BCUT2D eigenvalue weighted by Crippen LogP contribution is 2.68. The fourth-order valence-corrected chi connectivity index (χ4v) is 9.86. The molecular formula is C26H41BrN2O5S. The molecule has 198 valence electrons. The quantitative estimate of drug-likeness (QED) is 0.147. The number of aliphatic hydroxyl groups is 1. The van der Waals surface area contributed by atoms with Gasteiger partial charge in [-0.3, -0.25) is 14.4 Å². The van der Waals surface area contributed by atoms with Gasteiger partial charge in [-0.05, 0) is 39.5 Å². The minimum absolute atomic E-state index is 0.0329. The van der Waals surface area contributed by atoms with Crippen molar-refractivity contribution in [2.24, 2.45) is 11.8 Å². The summed E-state index contributed by atoms with van der Waals surface area (Å²) in [5.41, 5.74) is 0. The predicted molar refractivity (Wildman–Crippen MR) is 142 cm³/mol. The number of esters is 1. The highest BCUT2D eigenvalue weighted by molar-refractivity contribution is 9.09. The molecule has 3 heterocycles. The Morgan fingerprint density at radius 3 is 2.69 bits per heavy atom. The van der Waals surface area contributed by atoms with Crippen LogP contribution in [0.25, 0.3) is 0 Å². The second-order valence-electron chi connectivity index (χ2n) is 10.0. The van der Waals surface area contributed by atoms with E-state index in [1.54, 1.807) is 29.7 Å². The third-order valence-corrected chi connectivity index (χ3v) is 11.0. The molecule has 7 atom stereocenters. The zero-order chi connectivity index (χ0) is 25.8. The van der Waals surface area contributed by atoms with Crippen LogP contribution in [0.3, 0.4) is 0 Å². The van der Waals surface area contributed by atoms with Crippen molar-refractivity contribution in [1.29, 1.82) is 0 Å². The van der Waals surface area contributed by atoms with Crippen LogP contribution in [0.5, 0.6) is 0 Å². The number of unbranched alkanes of at least 4 members (excludes halogenated alkanes) is 3. The smallest absolute Gasteiger partial charge is 0.310 e. The molecule has 1 N–H and O–H groups in total.